The van der Waals surface area contributed by atoms with Crippen molar-refractivity contribution in [1.82, 2.24) is 0 Å². The van der Waals surface area contributed by atoms with Crippen LogP contribution in [0.2, 0.25) is 0 Å². The van der Waals surface area contributed by atoms with Crippen molar-refractivity contribution in [3.05, 3.63) is 23.3 Å². The van der Waals surface area contributed by atoms with E-state index < -0.39 is 0 Å². The number of rotatable bonds is 1. The lowest BCUT2D eigenvalue weighted by Gasteiger charge is -2.31. The molecule has 1 amide bonds. The van der Waals surface area contributed by atoms with Crippen LogP contribution in [0.3, 0.4) is 0 Å². The summed E-state index contributed by atoms with van der Waals surface area (Å²) in [5.41, 5.74) is 10.3. The minimum Gasteiger partial charge on any atom is -0.397 e. The number of fused-ring (bicyclic) bond motifs is 1. The molecule has 1 saturated carbocycles. The van der Waals surface area contributed by atoms with Crippen LogP contribution in [0.5, 0.6) is 0 Å². The Kier molecular flexibility index (Phi) is 2.35. The van der Waals surface area contributed by atoms with Gasteiger partial charge in [0.1, 0.15) is 0 Å². The lowest BCUT2D eigenvalue weighted by atomic mass is 9.97. The minimum absolute atomic E-state index is 0.265. The molecule has 0 spiro atoms. The highest BCUT2D eigenvalue weighted by molar-refractivity contribution is 6.00. The molecule has 1 aromatic carbocycles. The fourth-order valence-corrected chi connectivity index (χ4v) is 2.71. The first-order chi connectivity index (χ1) is 8.16. The van der Waals surface area contributed by atoms with Gasteiger partial charge in [0, 0.05) is 12.5 Å². The third kappa shape index (κ3) is 1.79. The van der Waals surface area contributed by atoms with E-state index in [1.807, 2.05) is 11.0 Å². The second kappa shape index (κ2) is 3.76. The molecule has 1 heterocycles. The molecule has 17 heavy (non-hydrogen) atoms. The predicted octanol–water partition coefficient (Wildman–Crippen LogP) is 2.27. The molecule has 1 fully saturated rings. The van der Waals surface area contributed by atoms with Gasteiger partial charge in [-0.2, -0.15) is 0 Å². The maximum Gasteiger partial charge on any atom is 0.230 e. The van der Waals surface area contributed by atoms with Crippen LogP contribution in [-0.4, -0.2) is 12.5 Å². The Bertz CT molecular complexity index is 477. The van der Waals surface area contributed by atoms with Gasteiger partial charge in [-0.15, -0.1) is 0 Å². The largest absolute Gasteiger partial charge is 0.397 e. The summed E-state index contributed by atoms with van der Waals surface area (Å²) in [5, 5.41) is 0. The number of amides is 1. The van der Waals surface area contributed by atoms with Crippen LogP contribution >= 0.6 is 0 Å². The second-order valence-corrected chi connectivity index (χ2v) is 5.23. The lowest BCUT2D eigenvalue weighted by molar-refractivity contribution is -0.119. The van der Waals surface area contributed by atoms with Crippen LogP contribution in [0.25, 0.3) is 0 Å². The lowest BCUT2D eigenvalue weighted by Crippen LogP contribution is -2.37. The Morgan fingerprint density at radius 1 is 1.41 bits per heavy atom. The maximum absolute atomic E-state index is 12.2. The molecule has 90 valence electrons. The van der Waals surface area contributed by atoms with Gasteiger partial charge in [-0.3, -0.25) is 4.79 Å². The Morgan fingerprint density at radius 3 is 2.88 bits per heavy atom. The fraction of sp³-hybridized carbons (Fsp3) is 0.500. The Balaban J connectivity index is 2.03. The number of carbonyl (C=O) groups excluding carboxylic acids is 1. The number of nitrogens with zero attached hydrogens (tertiary/aromatic N) is 1. The molecule has 1 aliphatic heterocycles. The minimum atomic E-state index is 0.265. The monoisotopic (exact) mass is 230 g/mol. The summed E-state index contributed by atoms with van der Waals surface area (Å²) >= 11 is 0. The van der Waals surface area contributed by atoms with Crippen LogP contribution < -0.4 is 10.6 Å². The van der Waals surface area contributed by atoms with Crippen molar-refractivity contribution < 1.29 is 4.79 Å². The molecule has 3 rings (SSSR count). The quantitative estimate of drug-likeness (QED) is 0.752. The first-order valence-corrected chi connectivity index (χ1v) is 6.37. The summed E-state index contributed by atoms with van der Waals surface area (Å²) in [6.45, 7) is 2.88. The van der Waals surface area contributed by atoms with Crippen LogP contribution in [0.15, 0.2) is 12.1 Å². The number of carbonyl (C=O) groups is 1. The number of aryl methyl sites for hydroxylation is 2. The molecule has 0 unspecified atom stereocenters. The first-order valence-electron chi connectivity index (χ1n) is 6.37. The van der Waals surface area contributed by atoms with E-state index in [2.05, 4.69) is 13.0 Å². The van der Waals surface area contributed by atoms with E-state index in [4.69, 9.17) is 5.73 Å². The number of nitrogens with two attached hydrogens (primary N) is 1. The number of nitrogen functional groups attached to an aromatic ring is 1. The number of hydrogen-bond donors (Lipinski definition) is 1. The maximum atomic E-state index is 12.2. The van der Waals surface area contributed by atoms with Gasteiger partial charge in [0.15, 0.2) is 0 Å². The zero-order valence-electron chi connectivity index (χ0n) is 10.2. The van der Waals surface area contributed by atoms with E-state index in [1.165, 1.54) is 11.1 Å². The average Bonchev–Trinajstić information content (AvgIpc) is 3.10. The van der Waals surface area contributed by atoms with Gasteiger partial charge >= 0.3 is 0 Å². The van der Waals surface area contributed by atoms with Crippen LogP contribution in [0.1, 0.15) is 30.4 Å². The highest BCUT2D eigenvalue weighted by Gasteiger charge is 2.36. The third-order valence-corrected chi connectivity index (χ3v) is 3.65. The van der Waals surface area contributed by atoms with E-state index in [0.29, 0.717) is 0 Å². The van der Waals surface area contributed by atoms with E-state index in [1.54, 1.807) is 0 Å². The normalized spacial score (nSPS) is 19.0. The molecule has 2 N–H and O–H groups in total. The molecule has 0 radical (unpaired) electrons. The van der Waals surface area contributed by atoms with Crippen LogP contribution in [0, 0.1) is 12.8 Å². The summed E-state index contributed by atoms with van der Waals surface area (Å²) in [6.07, 6.45) is 4.19. The van der Waals surface area contributed by atoms with Gasteiger partial charge in [0.2, 0.25) is 5.91 Å². The SMILES string of the molecule is Cc1cc(N)c2c(c1)CCCN2C(=O)C1CC1. The zero-order chi connectivity index (χ0) is 12.0. The van der Waals surface area contributed by atoms with Gasteiger partial charge in [0.25, 0.3) is 0 Å². The van der Waals surface area contributed by atoms with Crippen LogP contribution in [0.4, 0.5) is 11.4 Å². The van der Waals surface area contributed by atoms with E-state index in [-0.39, 0.29) is 11.8 Å². The predicted molar refractivity (Wildman–Crippen MR) is 69.0 cm³/mol. The first kappa shape index (κ1) is 10.6. The second-order valence-electron chi connectivity index (χ2n) is 5.23. The average molecular weight is 230 g/mol. The van der Waals surface area contributed by atoms with Gasteiger partial charge in [-0.1, -0.05) is 6.07 Å². The van der Waals surface area contributed by atoms with Crippen molar-refractivity contribution in [2.24, 2.45) is 5.92 Å². The molecule has 3 nitrogen and oxygen atoms in total. The third-order valence-electron chi connectivity index (χ3n) is 3.65. The Labute approximate surface area is 102 Å². The van der Waals surface area contributed by atoms with Gasteiger partial charge < -0.3 is 10.6 Å². The summed E-state index contributed by atoms with van der Waals surface area (Å²) in [4.78, 5) is 14.2. The number of hydrogen-bond acceptors (Lipinski definition) is 2. The fourth-order valence-electron chi connectivity index (χ4n) is 2.71. The Hall–Kier alpha value is -1.51. The van der Waals surface area contributed by atoms with Crippen molar-refractivity contribution in [2.75, 3.05) is 17.2 Å². The summed E-state index contributed by atoms with van der Waals surface area (Å²) in [7, 11) is 0. The van der Waals surface area contributed by atoms with E-state index in [0.717, 1.165) is 43.6 Å². The molecule has 2 aliphatic rings. The number of anilines is 2. The molecule has 1 aromatic rings. The van der Waals surface area contributed by atoms with Crippen molar-refractivity contribution in [2.45, 2.75) is 32.6 Å². The molecule has 1 aliphatic carbocycles. The smallest absolute Gasteiger partial charge is 0.230 e. The van der Waals surface area contributed by atoms with Gasteiger partial charge in [0.05, 0.1) is 11.4 Å². The van der Waals surface area contributed by atoms with Crippen molar-refractivity contribution in [3.63, 3.8) is 0 Å². The topological polar surface area (TPSA) is 46.3 Å². The molecule has 0 aromatic heterocycles. The van der Waals surface area contributed by atoms with Crippen LogP contribution in [-0.2, 0) is 11.2 Å². The highest BCUT2D eigenvalue weighted by Crippen LogP contribution is 2.38. The van der Waals surface area contributed by atoms with Crippen molar-refractivity contribution >= 4 is 17.3 Å². The van der Waals surface area contributed by atoms with E-state index in [9.17, 15) is 4.79 Å². The van der Waals surface area contributed by atoms with Gasteiger partial charge in [-0.25, -0.2) is 0 Å². The molecule has 0 saturated heterocycles. The molecule has 0 bridgehead atoms. The molecule has 0 atom stereocenters. The standard InChI is InChI=1S/C14H18N2O/c1-9-7-11-3-2-6-16(13(11)12(15)8-9)14(17)10-4-5-10/h7-8,10H,2-6,15H2,1H3. The van der Waals surface area contributed by atoms with Crippen molar-refractivity contribution in [3.8, 4) is 0 Å². The molecule has 3 heteroatoms. The van der Waals surface area contributed by atoms with Gasteiger partial charge in [-0.05, 0) is 49.8 Å². The highest BCUT2D eigenvalue weighted by atomic mass is 16.2. The zero-order valence-corrected chi connectivity index (χ0v) is 10.2. The summed E-state index contributed by atoms with van der Waals surface area (Å²) in [5.74, 6) is 0.545. The molecular weight excluding hydrogens is 212 g/mol. The van der Waals surface area contributed by atoms with E-state index >= 15 is 0 Å². The number of benzene rings is 1. The molecular formula is C14H18N2O. The summed E-state index contributed by atoms with van der Waals surface area (Å²) < 4.78 is 0. The van der Waals surface area contributed by atoms with Crippen molar-refractivity contribution in [1.29, 1.82) is 0 Å². The Morgan fingerprint density at radius 2 is 2.18 bits per heavy atom. The summed E-state index contributed by atoms with van der Waals surface area (Å²) in [6, 6.07) is 4.13.